The smallest absolute Gasteiger partial charge is 0.550 e. The van der Waals surface area contributed by atoms with Crippen molar-refractivity contribution in [2.45, 2.75) is 35.1 Å². The number of hydrogen-bond acceptors (Lipinski definition) is 13. The fourth-order valence-corrected chi connectivity index (χ4v) is 2.24. The maximum atomic E-state index is 11.5. The average Bonchev–Trinajstić information content (AvgIpc) is 3.33. The van der Waals surface area contributed by atoms with Crippen molar-refractivity contribution in [2.75, 3.05) is 24.4 Å². The number of pyridine rings is 2. The van der Waals surface area contributed by atoms with Crippen molar-refractivity contribution >= 4 is 29.5 Å². The number of hydrogen-bond donors (Lipinski definition) is 3. The van der Waals surface area contributed by atoms with Gasteiger partial charge in [0.1, 0.15) is 23.0 Å². The number of ether oxygens (including phenoxy) is 2. The minimum absolute atomic E-state index is 0. The Morgan fingerprint density at radius 1 is 1.10 bits per heavy atom. The van der Waals surface area contributed by atoms with Gasteiger partial charge >= 0.3 is 41.5 Å². The summed E-state index contributed by atoms with van der Waals surface area (Å²) in [6, 6.07) is 12.6. The number of nitriles is 1. The molecule has 3 heterocycles. The van der Waals surface area contributed by atoms with E-state index in [0.29, 0.717) is 24.8 Å². The Hall–Kier alpha value is -4.29. The molecule has 0 amide bonds. The van der Waals surface area contributed by atoms with E-state index in [1.54, 1.807) is 57.4 Å². The Morgan fingerprint density at radius 3 is 2.05 bits per heavy atom. The second-order valence-corrected chi connectivity index (χ2v) is 6.67. The van der Waals surface area contributed by atoms with Gasteiger partial charge in [0.2, 0.25) is 0 Å². The molecule has 0 aliphatic heterocycles. The zero-order valence-electron chi connectivity index (χ0n) is 23.0. The third kappa shape index (κ3) is 17.8. The minimum Gasteiger partial charge on any atom is -0.550 e. The van der Waals surface area contributed by atoms with E-state index in [4.69, 9.17) is 31.5 Å². The molecule has 14 nitrogen and oxygen atoms in total. The fraction of sp³-hybridized carbons (Fsp3) is 0.269. The van der Waals surface area contributed by atoms with Crippen molar-refractivity contribution in [3.8, 4) is 11.9 Å². The third-order valence-electron chi connectivity index (χ3n) is 3.84. The zero-order valence-corrected chi connectivity index (χ0v) is 25.0. The van der Waals surface area contributed by atoms with Crippen LogP contribution in [0.2, 0.25) is 0 Å². The molecule has 0 fully saturated rings. The molecule has 0 bridgehead atoms. The van der Waals surface area contributed by atoms with Gasteiger partial charge in [-0.25, -0.2) is 30.1 Å². The molecule has 15 heteroatoms. The number of anilines is 2. The molecule has 0 saturated heterocycles. The molecule has 0 aliphatic rings. The number of nitrogen functional groups attached to an aromatic ring is 2. The van der Waals surface area contributed by atoms with Crippen LogP contribution in [0.1, 0.15) is 45.5 Å². The van der Waals surface area contributed by atoms with Gasteiger partial charge in [-0.3, -0.25) is 0 Å². The van der Waals surface area contributed by atoms with Gasteiger partial charge in [-0.2, -0.15) is 5.26 Å². The van der Waals surface area contributed by atoms with Crippen molar-refractivity contribution in [1.82, 2.24) is 19.7 Å². The van der Waals surface area contributed by atoms with E-state index in [9.17, 15) is 9.59 Å². The predicted molar refractivity (Wildman–Crippen MR) is 147 cm³/mol. The molecule has 0 aliphatic carbocycles. The third-order valence-corrected chi connectivity index (χ3v) is 3.84. The topological polar surface area (TPSA) is 224 Å². The molecule has 3 rings (SSSR count). The number of carboxylic acid groups (broad SMARTS) is 1. The van der Waals surface area contributed by atoms with Gasteiger partial charge in [0.05, 0.1) is 13.2 Å². The van der Waals surface area contributed by atoms with Gasteiger partial charge < -0.3 is 30.5 Å². The molecule has 0 aromatic carbocycles. The zero-order chi connectivity index (χ0) is 29.6. The number of nitrogens with one attached hydrogen (secondary N) is 1. The van der Waals surface area contributed by atoms with Gasteiger partial charge in [0.25, 0.3) is 0 Å². The van der Waals surface area contributed by atoms with Crippen LogP contribution < -0.4 is 51.7 Å². The predicted octanol–water partition coefficient (Wildman–Crippen LogP) is -1.19. The first-order valence-corrected chi connectivity index (χ1v) is 11.4. The van der Waals surface area contributed by atoms with Crippen molar-refractivity contribution in [3.05, 3.63) is 72.2 Å². The summed E-state index contributed by atoms with van der Waals surface area (Å²) in [4.78, 5) is 39.1. The number of carbonyl (C=O) groups is 3. The number of esters is 2. The van der Waals surface area contributed by atoms with Crippen molar-refractivity contribution in [1.29, 1.82) is 5.26 Å². The van der Waals surface area contributed by atoms with Gasteiger partial charge in [0.15, 0.2) is 11.6 Å². The molecule has 216 valence electrons. The summed E-state index contributed by atoms with van der Waals surface area (Å²) in [5, 5.41) is 21.2. The van der Waals surface area contributed by atoms with Crippen LogP contribution in [-0.4, -0.2) is 50.9 Å². The summed E-state index contributed by atoms with van der Waals surface area (Å²) in [5.74, 6) is 4.34. The molecular formula is C26H35N8NaO6. The molecule has 3 aromatic heterocycles. The van der Waals surface area contributed by atoms with Crippen LogP contribution in [0.5, 0.6) is 0 Å². The summed E-state index contributed by atoms with van der Waals surface area (Å²) in [7, 11) is 0. The van der Waals surface area contributed by atoms with Crippen LogP contribution in [0.3, 0.4) is 0 Å². The normalized spacial score (nSPS) is 9.02. The van der Waals surface area contributed by atoms with E-state index in [2.05, 4.69) is 25.2 Å². The van der Waals surface area contributed by atoms with Crippen molar-refractivity contribution in [2.24, 2.45) is 5.84 Å². The summed E-state index contributed by atoms with van der Waals surface area (Å²) in [6.07, 6.45) is 6.25. The van der Waals surface area contributed by atoms with Gasteiger partial charge in [-0.05, 0) is 52.0 Å². The number of allylic oxidation sites excluding steroid dienone is 1. The summed E-state index contributed by atoms with van der Waals surface area (Å²) < 4.78 is 10.9. The number of rotatable bonds is 6. The molecular weight excluding hydrogens is 543 g/mol. The Bertz CT molecular complexity index is 1230. The largest absolute Gasteiger partial charge is 1.00 e. The quantitative estimate of drug-likeness (QED) is 0.0782. The molecule has 0 radical (unpaired) electrons. The molecule has 0 unspecified atom stereocenters. The molecule has 5 N–H and O–H groups in total. The van der Waals surface area contributed by atoms with Crippen LogP contribution >= 0.6 is 0 Å². The van der Waals surface area contributed by atoms with Crippen LogP contribution in [-0.2, 0) is 19.1 Å². The first-order valence-electron chi connectivity index (χ1n) is 11.4. The van der Waals surface area contributed by atoms with Crippen molar-refractivity contribution in [3.63, 3.8) is 0 Å². The number of carbonyl (C=O) groups excluding carboxylic acids is 3. The number of nitrogens with zero attached hydrogens (tertiary/aromatic N) is 5. The molecule has 0 spiro atoms. The van der Waals surface area contributed by atoms with E-state index >= 15 is 0 Å². The van der Waals surface area contributed by atoms with E-state index < -0.39 is 17.9 Å². The molecule has 3 aromatic rings. The van der Waals surface area contributed by atoms with Gasteiger partial charge in [-0.1, -0.05) is 25.6 Å². The maximum Gasteiger partial charge on any atom is 1.00 e. The Labute approximate surface area is 261 Å². The van der Waals surface area contributed by atoms with Crippen LogP contribution in [0.4, 0.5) is 11.6 Å². The maximum absolute atomic E-state index is 11.5. The molecule has 0 atom stereocenters. The number of aromatic nitrogens is 4. The van der Waals surface area contributed by atoms with E-state index in [0.717, 1.165) is 6.92 Å². The number of nitrogens with two attached hydrogens (primary N) is 2. The van der Waals surface area contributed by atoms with Crippen LogP contribution in [0.25, 0.3) is 5.82 Å². The van der Waals surface area contributed by atoms with E-state index in [1.807, 2.05) is 18.2 Å². The number of carboxylic acids is 1. The number of aliphatic carboxylic acids is 1. The van der Waals surface area contributed by atoms with E-state index in [-0.39, 0.29) is 53.9 Å². The van der Waals surface area contributed by atoms with E-state index in [1.165, 1.54) is 17.0 Å². The second-order valence-electron chi connectivity index (χ2n) is 6.67. The average molecular weight is 579 g/mol. The SMILES string of the molecule is C.C/C=C(\C#N)C(=O)OCC.CC(=O)[O-].CCOC(=O)c1cn(-c2ccccn2)nc1N.NNc1ccccn1.[Na+]. The van der Waals surface area contributed by atoms with Crippen molar-refractivity contribution < 1.29 is 58.5 Å². The first-order chi connectivity index (χ1) is 18.6. The first kappa shape index (κ1) is 41.2. The minimum atomic E-state index is -1.08. The van der Waals surface area contributed by atoms with Gasteiger partial charge in [0, 0.05) is 24.6 Å². The standard InChI is InChI=1S/C11H12N4O2.C7H9NO2.C5H7N3.C2H4O2.CH4.Na/c1-2-17-11(16)8-7-15(14-10(8)12)9-5-3-4-6-13-9;1-3-6(5-8)7(9)10-4-2;6-8-5-3-1-2-4-7-5;1-2(3)4;;/h3-7H,2H2,1H3,(H2,12,14);3H,4H2,1-2H3;1-4H,6H2,(H,7,8);1H3,(H,3,4);1H4;/q;;;;;+1/p-1/b;6-3+;;;;. The Kier molecular flexibility index (Phi) is 24.8. The van der Waals surface area contributed by atoms with Crippen LogP contribution in [0, 0.1) is 11.3 Å². The number of hydrazine groups is 1. The summed E-state index contributed by atoms with van der Waals surface area (Å²) in [6.45, 7) is 6.63. The monoisotopic (exact) mass is 578 g/mol. The summed E-state index contributed by atoms with van der Waals surface area (Å²) in [5.41, 5.74) is 8.37. The molecule has 41 heavy (non-hydrogen) atoms. The van der Waals surface area contributed by atoms with Crippen LogP contribution in [0.15, 0.2) is 66.6 Å². The Balaban J connectivity index is -0.000000518. The fourth-order valence-electron chi connectivity index (χ4n) is 2.24. The Morgan fingerprint density at radius 2 is 1.66 bits per heavy atom. The second kappa shape index (κ2) is 24.7. The molecule has 0 saturated carbocycles. The van der Waals surface area contributed by atoms with Gasteiger partial charge in [-0.15, -0.1) is 5.10 Å². The summed E-state index contributed by atoms with van der Waals surface area (Å²) >= 11 is 0.